The fraction of sp³-hybridized carbons (Fsp3) is 0.400. The van der Waals surface area contributed by atoms with E-state index in [2.05, 4.69) is 0 Å². The van der Waals surface area contributed by atoms with Gasteiger partial charge in [0, 0.05) is 44.7 Å². The quantitative estimate of drug-likeness (QED) is 0.620. The van der Waals surface area contributed by atoms with Gasteiger partial charge in [0.15, 0.2) is 0 Å². The first-order chi connectivity index (χ1) is 16.7. The highest BCUT2D eigenvalue weighted by Crippen LogP contribution is 2.31. The number of fused-ring (bicyclic) bond motifs is 1. The Hall–Kier alpha value is -3.24. The third kappa shape index (κ3) is 4.68. The summed E-state index contributed by atoms with van der Waals surface area (Å²) in [4.78, 5) is 41.5. The highest BCUT2D eigenvalue weighted by Gasteiger charge is 2.41. The molecule has 35 heavy (non-hydrogen) atoms. The number of carbonyl (C=O) groups is 3. The van der Waals surface area contributed by atoms with Gasteiger partial charge < -0.3 is 15.5 Å². The summed E-state index contributed by atoms with van der Waals surface area (Å²) in [6.45, 7) is 4.71. The number of carbonyl (C=O) groups excluding carboxylic acids is 3. The number of primary amides is 1. The molecule has 0 aliphatic carbocycles. The minimum absolute atomic E-state index is 0.0158. The molecular weight excluding hydrogens is 468 g/mol. The second kappa shape index (κ2) is 9.79. The Morgan fingerprint density at radius 2 is 1.63 bits per heavy atom. The maximum absolute atomic E-state index is 13.4. The van der Waals surface area contributed by atoms with Crippen molar-refractivity contribution in [1.29, 1.82) is 0 Å². The van der Waals surface area contributed by atoms with Gasteiger partial charge in [-0.2, -0.15) is 4.31 Å². The molecule has 2 N–H and O–H groups in total. The van der Waals surface area contributed by atoms with Crippen molar-refractivity contribution >= 4 is 33.4 Å². The zero-order valence-corrected chi connectivity index (χ0v) is 20.7. The number of nitrogens with zero attached hydrogens (tertiary/aromatic N) is 3. The summed E-state index contributed by atoms with van der Waals surface area (Å²) in [5.41, 5.74) is 8.10. The van der Waals surface area contributed by atoms with Crippen molar-refractivity contribution < 1.29 is 22.8 Å². The maximum atomic E-state index is 13.4. The summed E-state index contributed by atoms with van der Waals surface area (Å²) in [6.07, 6.45) is 0.367. The van der Waals surface area contributed by atoms with Crippen molar-refractivity contribution in [2.45, 2.75) is 44.2 Å². The van der Waals surface area contributed by atoms with Crippen LogP contribution in [-0.4, -0.2) is 61.0 Å². The van der Waals surface area contributed by atoms with E-state index in [0.29, 0.717) is 25.2 Å². The lowest BCUT2D eigenvalue weighted by Gasteiger charge is -2.36. The minimum atomic E-state index is -3.61. The van der Waals surface area contributed by atoms with Gasteiger partial charge >= 0.3 is 0 Å². The van der Waals surface area contributed by atoms with E-state index < -0.39 is 27.9 Å². The average molecular weight is 499 g/mol. The summed E-state index contributed by atoms with van der Waals surface area (Å²) in [5, 5.41) is 0. The van der Waals surface area contributed by atoms with Crippen LogP contribution in [0.5, 0.6) is 0 Å². The number of rotatable bonds is 7. The molecular formula is C25H30N4O5S. The number of hydrogen-bond donors (Lipinski definition) is 1. The van der Waals surface area contributed by atoms with Gasteiger partial charge in [-0.15, -0.1) is 0 Å². The molecule has 2 aliphatic rings. The molecule has 9 nitrogen and oxygen atoms in total. The van der Waals surface area contributed by atoms with Gasteiger partial charge in [0.05, 0.1) is 10.8 Å². The SMILES string of the molecule is CCN(CC)S(=O)(=O)c1ccc(N2C[C@H](C(=O)N3Cc4ccccc4C[C@@H]3C(N)=O)CC2=O)cc1. The number of sulfonamides is 1. The van der Waals surface area contributed by atoms with Crippen molar-refractivity contribution in [3.8, 4) is 0 Å². The largest absolute Gasteiger partial charge is 0.368 e. The topological polar surface area (TPSA) is 121 Å². The molecule has 0 aromatic heterocycles. The molecule has 2 aliphatic heterocycles. The van der Waals surface area contributed by atoms with Crippen molar-refractivity contribution in [3.63, 3.8) is 0 Å². The zero-order valence-electron chi connectivity index (χ0n) is 19.9. The normalized spacial score (nSPS) is 20.3. The van der Waals surface area contributed by atoms with Crippen molar-refractivity contribution in [3.05, 3.63) is 59.7 Å². The molecule has 2 aromatic carbocycles. The molecule has 2 heterocycles. The highest BCUT2D eigenvalue weighted by atomic mass is 32.2. The fourth-order valence-corrected chi connectivity index (χ4v) is 6.33. The van der Waals surface area contributed by atoms with Crippen LogP contribution in [0, 0.1) is 5.92 Å². The summed E-state index contributed by atoms with van der Waals surface area (Å²) in [7, 11) is -3.61. The van der Waals surface area contributed by atoms with E-state index >= 15 is 0 Å². The Bertz CT molecular complexity index is 1240. The molecule has 10 heteroatoms. The second-order valence-electron chi connectivity index (χ2n) is 8.85. The van der Waals surface area contributed by atoms with E-state index in [1.807, 2.05) is 24.3 Å². The number of nitrogens with two attached hydrogens (primary N) is 1. The predicted octanol–water partition coefficient (Wildman–Crippen LogP) is 1.51. The van der Waals surface area contributed by atoms with Gasteiger partial charge in [-0.3, -0.25) is 14.4 Å². The zero-order chi connectivity index (χ0) is 25.3. The fourth-order valence-electron chi connectivity index (χ4n) is 4.88. The summed E-state index contributed by atoms with van der Waals surface area (Å²) in [6, 6.07) is 13.0. The molecule has 0 unspecified atom stereocenters. The summed E-state index contributed by atoms with van der Waals surface area (Å²) < 4.78 is 26.8. The monoisotopic (exact) mass is 498 g/mol. The van der Waals surface area contributed by atoms with Gasteiger partial charge in [-0.05, 0) is 35.4 Å². The Morgan fingerprint density at radius 3 is 2.23 bits per heavy atom. The third-order valence-electron chi connectivity index (χ3n) is 6.83. The van der Waals surface area contributed by atoms with E-state index in [-0.39, 0.29) is 36.2 Å². The smallest absolute Gasteiger partial charge is 0.243 e. The molecule has 0 bridgehead atoms. The lowest BCUT2D eigenvalue weighted by Crippen LogP contribution is -2.53. The average Bonchev–Trinajstić information content (AvgIpc) is 3.24. The van der Waals surface area contributed by atoms with Crippen LogP contribution in [0.3, 0.4) is 0 Å². The van der Waals surface area contributed by atoms with Crippen LogP contribution in [0.25, 0.3) is 0 Å². The lowest BCUT2D eigenvalue weighted by atomic mass is 9.92. The predicted molar refractivity (Wildman–Crippen MR) is 131 cm³/mol. The Balaban J connectivity index is 1.52. The first kappa shape index (κ1) is 24.9. The van der Waals surface area contributed by atoms with Crippen LogP contribution in [0.4, 0.5) is 5.69 Å². The van der Waals surface area contributed by atoms with Gasteiger partial charge in [-0.25, -0.2) is 8.42 Å². The first-order valence-electron chi connectivity index (χ1n) is 11.7. The van der Waals surface area contributed by atoms with Gasteiger partial charge in [-0.1, -0.05) is 38.1 Å². The van der Waals surface area contributed by atoms with E-state index in [4.69, 9.17) is 5.73 Å². The standard InChI is InChI=1S/C25H30N4O5S/c1-3-27(4-2)35(33,34)21-11-9-20(10-12-21)28-16-19(14-23(28)30)25(32)29-15-18-8-6-5-7-17(18)13-22(29)24(26)31/h5-12,19,22H,3-4,13-16H2,1-2H3,(H2,26,31)/t19-,22-/m1/s1. The number of benzene rings is 2. The molecule has 0 radical (unpaired) electrons. The molecule has 3 amide bonds. The molecule has 0 spiro atoms. The van der Waals surface area contributed by atoms with Crippen molar-refractivity contribution in [2.75, 3.05) is 24.5 Å². The summed E-state index contributed by atoms with van der Waals surface area (Å²) >= 11 is 0. The molecule has 4 rings (SSSR count). The van der Waals surface area contributed by atoms with Crippen LogP contribution in [0.15, 0.2) is 53.4 Å². The van der Waals surface area contributed by atoms with Crippen molar-refractivity contribution in [1.82, 2.24) is 9.21 Å². The third-order valence-corrected chi connectivity index (χ3v) is 8.89. The molecule has 0 saturated carbocycles. The number of anilines is 1. The van der Waals surface area contributed by atoms with E-state index in [9.17, 15) is 22.8 Å². The molecule has 2 atom stereocenters. The Labute approximate surface area is 205 Å². The summed E-state index contributed by atoms with van der Waals surface area (Å²) in [5.74, 6) is -1.69. The van der Waals surface area contributed by atoms with Gasteiger partial charge in [0.1, 0.15) is 6.04 Å². The number of amides is 3. The molecule has 1 fully saturated rings. The van der Waals surface area contributed by atoms with E-state index in [0.717, 1.165) is 11.1 Å². The van der Waals surface area contributed by atoms with Crippen LogP contribution >= 0.6 is 0 Å². The Kier molecular flexibility index (Phi) is 6.95. The Morgan fingerprint density at radius 1 is 1.00 bits per heavy atom. The van der Waals surface area contributed by atoms with Gasteiger partial charge in [0.25, 0.3) is 0 Å². The first-order valence-corrected chi connectivity index (χ1v) is 13.2. The lowest BCUT2D eigenvalue weighted by molar-refractivity contribution is -0.143. The van der Waals surface area contributed by atoms with Gasteiger partial charge in [0.2, 0.25) is 27.7 Å². The second-order valence-corrected chi connectivity index (χ2v) is 10.8. The molecule has 186 valence electrons. The van der Waals surface area contributed by atoms with Crippen molar-refractivity contribution in [2.24, 2.45) is 11.7 Å². The highest BCUT2D eigenvalue weighted by molar-refractivity contribution is 7.89. The van der Waals surface area contributed by atoms with Crippen LogP contribution < -0.4 is 10.6 Å². The number of hydrogen-bond acceptors (Lipinski definition) is 5. The maximum Gasteiger partial charge on any atom is 0.243 e. The van der Waals surface area contributed by atoms with Crippen LogP contribution in [-0.2, 0) is 37.4 Å². The minimum Gasteiger partial charge on any atom is -0.368 e. The molecule has 1 saturated heterocycles. The van der Waals surface area contributed by atoms with Crippen LogP contribution in [0.2, 0.25) is 0 Å². The van der Waals surface area contributed by atoms with E-state index in [1.165, 1.54) is 26.2 Å². The van der Waals surface area contributed by atoms with Crippen LogP contribution in [0.1, 0.15) is 31.4 Å². The van der Waals surface area contributed by atoms with E-state index in [1.54, 1.807) is 26.0 Å². The molecule has 2 aromatic rings.